The molecule has 0 saturated heterocycles. The summed E-state index contributed by atoms with van der Waals surface area (Å²) in [6.45, 7) is 0.252. The molecule has 1 fully saturated rings. The Bertz CT molecular complexity index is 884. The molecule has 1 aliphatic carbocycles. The Balaban J connectivity index is 1.52. The van der Waals surface area contributed by atoms with Crippen LogP contribution >= 0.6 is 0 Å². The molecule has 0 spiro atoms. The van der Waals surface area contributed by atoms with Crippen molar-refractivity contribution in [2.75, 3.05) is 7.05 Å². The number of carboxylic acid groups (broad SMARTS) is 2. The highest BCUT2D eigenvalue weighted by atomic mass is 16.5. The van der Waals surface area contributed by atoms with Gasteiger partial charge in [0, 0.05) is 19.6 Å². The van der Waals surface area contributed by atoms with Gasteiger partial charge >= 0.3 is 18.0 Å². The predicted molar refractivity (Wildman–Crippen MR) is 104 cm³/mol. The largest absolute Gasteiger partial charge is 0.481 e. The Hall–Kier alpha value is -3.55. The molecule has 0 radical (unpaired) electrons. The number of hydrogen-bond donors (Lipinski definition) is 3. The van der Waals surface area contributed by atoms with Crippen molar-refractivity contribution in [1.82, 2.24) is 10.2 Å². The lowest BCUT2D eigenvalue weighted by molar-refractivity contribution is -0.165. The smallest absolute Gasteiger partial charge is 0.317 e. The number of amides is 2. The van der Waals surface area contributed by atoms with Gasteiger partial charge in [0.1, 0.15) is 11.5 Å². The summed E-state index contributed by atoms with van der Waals surface area (Å²) < 4.78 is 5.72. The summed E-state index contributed by atoms with van der Waals surface area (Å²) in [6, 6.07) is 15.5. The highest BCUT2D eigenvalue weighted by molar-refractivity contribution is 5.84. The predicted octanol–water partition coefficient (Wildman–Crippen LogP) is 2.79. The first-order valence-electron chi connectivity index (χ1n) is 9.15. The average molecular weight is 398 g/mol. The van der Waals surface area contributed by atoms with Gasteiger partial charge in [-0.05, 0) is 36.2 Å². The first-order valence-corrected chi connectivity index (χ1v) is 9.15. The molecule has 8 nitrogen and oxygen atoms in total. The van der Waals surface area contributed by atoms with Gasteiger partial charge in [-0.2, -0.15) is 0 Å². The van der Waals surface area contributed by atoms with E-state index in [4.69, 9.17) is 9.84 Å². The Morgan fingerprint density at radius 3 is 2.21 bits per heavy atom. The molecule has 2 amide bonds. The summed E-state index contributed by atoms with van der Waals surface area (Å²) in [5, 5.41) is 21.1. The van der Waals surface area contributed by atoms with Gasteiger partial charge in [-0.15, -0.1) is 0 Å². The molecule has 152 valence electrons. The number of ether oxygens (including phenoxy) is 1. The van der Waals surface area contributed by atoms with Crippen LogP contribution in [0.5, 0.6) is 11.5 Å². The van der Waals surface area contributed by atoms with E-state index in [1.54, 1.807) is 12.1 Å². The maximum absolute atomic E-state index is 12.4. The number of nitrogens with one attached hydrogen (secondary N) is 1. The minimum Gasteiger partial charge on any atom is -0.481 e. The second-order valence-corrected chi connectivity index (χ2v) is 6.94. The number of urea groups is 1. The number of para-hydroxylation sites is 1. The third kappa shape index (κ3) is 4.66. The summed E-state index contributed by atoms with van der Waals surface area (Å²) in [5.74, 6) is -3.03. The molecule has 1 saturated carbocycles. The zero-order valence-electron chi connectivity index (χ0n) is 15.8. The molecule has 3 rings (SSSR count). The summed E-state index contributed by atoms with van der Waals surface area (Å²) in [4.78, 5) is 36.1. The van der Waals surface area contributed by atoms with E-state index in [0.717, 1.165) is 11.3 Å². The molecule has 0 heterocycles. The van der Waals surface area contributed by atoms with Gasteiger partial charge in [-0.1, -0.05) is 30.3 Å². The first-order chi connectivity index (χ1) is 13.9. The Morgan fingerprint density at radius 1 is 1.00 bits per heavy atom. The quantitative estimate of drug-likeness (QED) is 0.660. The Morgan fingerprint density at radius 2 is 1.62 bits per heavy atom. The molecule has 1 aliphatic rings. The SMILES string of the molecule is CN(C(=O)NCc1ccc(Oc2ccccc2)cc1)C1CC(C(=O)O)C1C(=O)O. The molecule has 3 N–H and O–H groups in total. The van der Waals surface area contributed by atoms with Gasteiger partial charge in [-0.3, -0.25) is 9.59 Å². The Kier molecular flexibility index (Phi) is 6.01. The van der Waals surface area contributed by atoms with E-state index in [9.17, 15) is 19.5 Å². The summed E-state index contributed by atoms with van der Waals surface area (Å²) in [6.07, 6.45) is 0.127. The molecular weight excluding hydrogens is 376 g/mol. The molecule has 0 bridgehead atoms. The topological polar surface area (TPSA) is 116 Å². The number of hydrogen-bond acceptors (Lipinski definition) is 4. The van der Waals surface area contributed by atoms with Crippen LogP contribution in [0.15, 0.2) is 54.6 Å². The zero-order chi connectivity index (χ0) is 21.0. The van der Waals surface area contributed by atoms with E-state index in [-0.39, 0.29) is 13.0 Å². The molecule has 29 heavy (non-hydrogen) atoms. The fourth-order valence-corrected chi connectivity index (χ4v) is 3.37. The Labute approximate surface area is 167 Å². The van der Waals surface area contributed by atoms with Crippen LogP contribution in [0.1, 0.15) is 12.0 Å². The average Bonchev–Trinajstić information content (AvgIpc) is 2.66. The summed E-state index contributed by atoms with van der Waals surface area (Å²) in [7, 11) is 1.48. The van der Waals surface area contributed by atoms with E-state index in [2.05, 4.69) is 5.32 Å². The number of carboxylic acids is 2. The molecule has 0 aromatic heterocycles. The highest BCUT2D eigenvalue weighted by Gasteiger charge is 2.52. The second-order valence-electron chi connectivity index (χ2n) is 6.94. The van der Waals surface area contributed by atoms with Crippen LogP contribution in [0.3, 0.4) is 0 Å². The number of nitrogens with zero attached hydrogens (tertiary/aromatic N) is 1. The van der Waals surface area contributed by atoms with Crippen LogP contribution in [0.4, 0.5) is 4.79 Å². The van der Waals surface area contributed by atoms with Crippen LogP contribution in [0, 0.1) is 11.8 Å². The second kappa shape index (κ2) is 8.64. The van der Waals surface area contributed by atoms with E-state index < -0.39 is 35.8 Å². The van der Waals surface area contributed by atoms with E-state index in [1.165, 1.54) is 11.9 Å². The third-order valence-electron chi connectivity index (χ3n) is 5.11. The van der Waals surface area contributed by atoms with Crippen LogP contribution in [0.2, 0.25) is 0 Å². The maximum atomic E-state index is 12.4. The third-order valence-corrected chi connectivity index (χ3v) is 5.11. The number of aliphatic carboxylic acids is 2. The van der Waals surface area contributed by atoms with Crippen molar-refractivity contribution in [1.29, 1.82) is 0 Å². The zero-order valence-corrected chi connectivity index (χ0v) is 15.8. The fraction of sp³-hybridized carbons (Fsp3) is 0.286. The minimum atomic E-state index is -1.21. The molecule has 3 atom stereocenters. The van der Waals surface area contributed by atoms with Gasteiger partial charge in [0.05, 0.1) is 11.8 Å². The lowest BCUT2D eigenvalue weighted by Crippen LogP contribution is -2.59. The van der Waals surface area contributed by atoms with Crippen LogP contribution < -0.4 is 10.1 Å². The van der Waals surface area contributed by atoms with Crippen molar-refractivity contribution < 1.29 is 29.3 Å². The first kappa shape index (κ1) is 20.2. The number of benzene rings is 2. The van der Waals surface area contributed by atoms with Crippen molar-refractivity contribution in [3.05, 3.63) is 60.2 Å². The van der Waals surface area contributed by atoms with Gasteiger partial charge in [0.25, 0.3) is 0 Å². The van der Waals surface area contributed by atoms with E-state index in [0.29, 0.717) is 5.75 Å². The minimum absolute atomic E-state index is 0.127. The monoisotopic (exact) mass is 398 g/mol. The number of carbonyl (C=O) groups excluding carboxylic acids is 1. The standard InChI is InChI=1S/C21H22N2O6/c1-23(17-11-16(19(24)25)18(17)20(26)27)21(28)22-12-13-7-9-15(10-8-13)29-14-5-3-2-4-6-14/h2-10,16-18H,11-12H2,1H3,(H,22,28)(H,24,25)(H,26,27). The molecular formula is C21H22N2O6. The van der Waals surface area contributed by atoms with Crippen molar-refractivity contribution >= 4 is 18.0 Å². The number of carbonyl (C=O) groups is 3. The van der Waals surface area contributed by atoms with Crippen LogP contribution in [-0.4, -0.2) is 46.2 Å². The molecule has 0 aliphatic heterocycles. The van der Waals surface area contributed by atoms with Crippen molar-refractivity contribution in [3.8, 4) is 11.5 Å². The maximum Gasteiger partial charge on any atom is 0.317 e. The molecule has 2 aromatic carbocycles. The van der Waals surface area contributed by atoms with Crippen LogP contribution in [-0.2, 0) is 16.1 Å². The van der Waals surface area contributed by atoms with Gasteiger partial charge in [0.15, 0.2) is 0 Å². The molecule has 3 unspecified atom stereocenters. The lowest BCUT2D eigenvalue weighted by Gasteiger charge is -2.44. The van der Waals surface area contributed by atoms with Gasteiger partial charge in [-0.25, -0.2) is 4.79 Å². The highest BCUT2D eigenvalue weighted by Crippen LogP contribution is 2.38. The number of rotatable bonds is 7. The van der Waals surface area contributed by atoms with Gasteiger partial charge < -0.3 is 25.2 Å². The van der Waals surface area contributed by atoms with Crippen LogP contribution in [0.25, 0.3) is 0 Å². The molecule has 8 heteroatoms. The lowest BCUT2D eigenvalue weighted by atomic mass is 9.68. The fourth-order valence-electron chi connectivity index (χ4n) is 3.37. The normalized spacial score (nSPS) is 20.2. The summed E-state index contributed by atoms with van der Waals surface area (Å²) in [5.41, 5.74) is 0.846. The van der Waals surface area contributed by atoms with Crippen molar-refractivity contribution in [2.24, 2.45) is 11.8 Å². The van der Waals surface area contributed by atoms with Crippen molar-refractivity contribution in [3.63, 3.8) is 0 Å². The van der Waals surface area contributed by atoms with Crippen molar-refractivity contribution in [2.45, 2.75) is 19.0 Å². The molecule has 2 aromatic rings. The van der Waals surface area contributed by atoms with Gasteiger partial charge in [0.2, 0.25) is 0 Å². The van der Waals surface area contributed by atoms with E-state index >= 15 is 0 Å². The summed E-state index contributed by atoms with van der Waals surface area (Å²) >= 11 is 0. The van der Waals surface area contributed by atoms with E-state index in [1.807, 2.05) is 42.5 Å².